The average molecular weight is 258 g/mol. The third-order valence-corrected chi connectivity index (χ3v) is 3.12. The van der Waals surface area contributed by atoms with E-state index in [9.17, 15) is 0 Å². The highest BCUT2D eigenvalue weighted by atomic mass is 35.5. The minimum absolute atomic E-state index is 0. The quantitative estimate of drug-likeness (QED) is 0.903. The van der Waals surface area contributed by atoms with Gasteiger partial charge in [0.15, 0.2) is 11.5 Å². The van der Waals surface area contributed by atoms with Crippen molar-refractivity contribution in [3.05, 3.63) is 23.8 Å². The van der Waals surface area contributed by atoms with Gasteiger partial charge in [0.05, 0.1) is 14.2 Å². The van der Waals surface area contributed by atoms with Crippen molar-refractivity contribution in [2.45, 2.75) is 25.3 Å². The van der Waals surface area contributed by atoms with Gasteiger partial charge < -0.3 is 14.8 Å². The Hall–Kier alpha value is -0.930. The molecule has 1 fully saturated rings. The van der Waals surface area contributed by atoms with Gasteiger partial charge in [-0.1, -0.05) is 18.6 Å². The number of benzene rings is 1. The monoisotopic (exact) mass is 257 g/mol. The van der Waals surface area contributed by atoms with Crippen LogP contribution in [0.25, 0.3) is 0 Å². The van der Waals surface area contributed by atoms with Gasteiger partial charge in [-0.25, -0.2) is 0 Å². The molecule has 0 unspecified atom stereocenters. The fourth-order valence-electron chi connectivity index (χ4n) is 2.30. The van der Waals surface area contributed by atoms with Gasteiger partial charge in [-0.2, -0.15) is 0 Å². The van der Waals surface area contributed by atoms with Crippen molar-refractivity contribution >= 4 is 12.4 Å². The van der Waals surface area contributed by atoms with Crippen LogP contribution in [0.1, 0.15) is 30.9 Å². The number of rotatable bonds is 3. The van der Waals surface area contributed by atoms with E-state index in [0.717, 1.165) is 18.0 Å². The lowest BCUT2D eigenvalue weighted by molar-refractivity contribution is 0.338. The van der Waals surface area contributed by atoms with Gasteiger partial charge >= 0.3 is 0 Å². The van der Waals surface area contributed by atoms with Gasteiger partial charge in [0.1, 0.15) is 0 Å². The summed E-state index contributed by atoms with van der Waals surface area (Å²) in [5.74, 6) is 1.68. The summed E-state index contributed by atoms with van der Waals surface area (Å²) < 4.78 is 10.8. The second-order valence-electron chi connectivity index (χ2n) is 4.09. The number of hydrogen-bond acceptors (Lipinski definition) is 3. The topological polar surface area (TPSA) is 30.5 Å². The molecule has 1 aromatic carbocycles. The van der Waals surface area contributed by atoms with Crippen molar-refractivity contribution in [3.8, 4) is 11.5 Å². The van der Waals surface area contributed by atoms with E-state index in [1.54, 1.807) is 14.2 Å². The van der Waals surface area contributed by atoms with Crippen LogP contribution in [0.15, 0.2) is 18.2 Å². The van der Waals surface area contributed by atoms with E-state index in [1.807, 2.05) is 12.1 Å². The molecule has 0 radical (unpaired) electrons. The highest BCUT2D eigenvalue weighted by molar-refractivity contribution is 5.85. The van der Waals surface area contributed by atoms with E-state index in [1.165, 1.54) is 24.8 Å². The molecule has 2 rings (SSSR count). The van der Waals surface area contributed by atoms with E-state index in [2.05, 4.69) is 11.4 Å². The van der Waals surface area contributed by atoms with Crippen LogP contribution in [-0.4, -0.2) is 20.8 Å². The first-order chi connectivity index (χ1) is 7.86. The Morgan fingerprint density at radius 1 is 1.18 bits per heavy atom. The molecule has 96 valence electrons. The highest BCUT2D eigenvalue weighted by Crippen LogP contribution is 2.37. The number of ether oxygens (including phenoxy) is 2. The van der Waals surface area contributed by atoms with Crippen molar-refractivity contribution < 1.29 is 9.47 Å². The van der Waals surface area contributed by atoms with Gasteiger partial charge in [0.2, 0.25) is 0 Å². The molecule has 0 bridgehead atoms. The molecular weight excluding hydrogens is 238 g/mol. The number of nitrogens with one attached hydrogen (secondary N) is 1. The SMILES string of the molecule is COc1cccc([C@H]2CCCCN2)c1OC.Cl. The van der Waals surface area contributed by atoms with Gasteiger partial charge in [-0.05, 0) is 25.5 Å². The second kappa shape index (κ2) is 6.72. The third-order valence-electron chi connectivity index (χ3n) is 3.12. The molecule has 1 heterocycles. The average Bonchev–Trinajstić information content (AvgIpc) is 2.38. The molecule has 1 aliphatic rings. The summed E-state index contributed by atoms with van der Waals surface area (Å²) in [4.78, 5) is 0. The van der Waals surface area contributed by atoms with Crippen LogP contribution < -0.4 is 14.8 Å². The van der Waals surface area contributed by atoms with Crippen molar-refractivity contribution in [1.29, 1.82) is 0 Å². The molecule has 1 aromatic rings. The minimum atomic E-state index is 0. The first kappa shape index (κ1) is 14.1. The Morgan fingerprint density at radius 2 is 2.00 bits per heavy atom. The normalized spacial score (nSPS) is 19.3. The summed E-state index contributed by atoms with van der Waals surface area (Å²) in [6, 6.07) is 6.47. The maximum Gasteiger partial charge on any atom is 0.165 e. The van der Waals surface area contributed by atoms with Gasteiger partial charge in [-0.15, -0.1) is 12.4 Å². The summed E-state index contributed by atoms with van der Waals surface area (Å²) in [6.07, 6.45) is 3.71. The van der Waals surface area contributed by atoms with Crippen LogP contribution in [0, 0.1) is 0 Å². The van der Waals surface area contributed by atoms with Crippen LogP contribution in [0.3, 0.4) is 0 Å². The molecule has 3 nitrogen and oxygen atoms in total. The number of piperidine rings is 1. The first-order valence-corrected chi connectivity index (χ1v) is 5.81. The summed E-state index contributed by atoms with van der Waals surface area (Å²) >= 11 is 0. The smallest absolute Gasteiger partial charge is 0.165 e. The lowest BCUT2D eigenvalue weighted by Crippen LogP contribution is -2.27. The third kappa shape index (κ3) is 3.05. The molecule has 1 atom stereocenters. The van der Waals surface area contributed by atoms with E-state index >= 15 is 0 Å². The minimum Gasteiger partial charge on any atom is -0.493 e. The number of hydrogen-bond donors (Lipinski definition) is 1. The molecule has 4 heteroatoms. The maximum absolute atomic E-state index is 5.46. The van der Waals surface area contributed by atoms with Crippen LogP contribution in [0.2, 0.25) is 0 Å². The van der Waals surface area contributed by atoms with Crippen LogP contribution in [-0.2, 0) is 0 Å². The summed E-state index contributed by atoms with van der Waals surface area (Å²) in [5, 5.41) is 3.53. The first-order valence-electron chi connectivity index (χ1n) is 5.81. The highest BCUT2D eigenvalue weighted by Gasteiger charge is 2.20. The Kier molecular flexibility index (Phi) is 5.59. The molecular formula is C13H20ClNO2. The molecule has 0 aromatic heterocycles. The lowest BCUT2D eigenvalue weighted by atomic mass is 9.96. The molecule has 1 N–H and O–H groups in total. The van der Waals surface area contributed by atoms with E-state index in [-0.39, 0.29) is 12.4 Å². The Balaban J connectivity index is 0.00000144. The number of methoxy groups -OCH3 is 2. The van der Waals surface area contributed by atoms with Crippen LogP contribution in [0.4, 0.5) is 0 Å². The summed E-state index contributed by atoms with van der Waals surface area (Å²) in [5.41, 5.74) is 1.21. The van der Waals surface area contributed by atoms with E-state index in [0.29, 0.717) is 6.04 Å². The molecule has 0 amide bonds. The summed E-state index contributed by atoms with van der Waals surface area (Å²) in [6.45, 7) is 1.09. The van der Waals surface area contributed by atoms with E-state index < -0.39 is 0 Å². The Morgan fingerprint density at radius 3 is 2.59 bits per heavy atom. The van der Waals surface area contributed by atoms with Crippen molar-refractivity contribution in [2.24, 2.45) is 0 Å². The summed E-state index contributed by atoms with van der Waals surface area (Å²) in [7, 11) is 3.38. The predicted octanol–water partition coefficient (Wildman–Crippen LogP) is 2.94. The predicted molar refractivity (Wildman–Crippen MR) is 71.4 cm³/mol. The fraction of sp³-hybridized carbons (Fsp3) is 0.538. The maximum atomic E-state index is 5.46. The molecule has 0 spiro atoms. The number of halogens is 1. The van der Waals surface area contributed by atoms with Crippen LogP contribution >= 0.6 is 12.4 Å². The second-order valence-corrected chi connectivity index (χ2v) is 4.09. The standard InChI is InChI=1S/C13H19NO2.ClH/c1-15-12-8-5-6-10(13(12)16-2)11-7-3-4-9-14-11;/h5-6,8,11,14H,3-4,7,9H2,1-2H3;1H/t11-;/m1./s1. The number of para-hydroxylation sites is 1. The zero-order valence-corrected chi connectivity index (χ0v) is 11.2. The molecule has 0 aliphatic carbocycles. The zero-order valence-electron chi connectivity index (χ0n) is 10.4. The molecule has 1 saturated heterocycles. The van der Waals surface area contributed by atoms with E-state index in [4.69, 9.17) is 9.47 Å². The Bertz CT molecular complexity index is 351. The Labute approximate surface area is 109 Å². The van der Waals surface area contributed by atoms with Gasteiger partial charge in [0.25, 0.3) is 0 Å². The van der Waals surface area contributed by atoms with Crippen molar-refractivity contribution in [2.75, 3.05) is 20.8 Å². The lowest BCUT2D eigenvalue weighted by Gasteiger charge is -2.25. The van der Waals surface area contributed by atoms with Crippen molar-refractivity contribution in [1.82, 2.24) is 5.32 Å². The molecule has 1 aliphatic heterocycles. The van der Waals surface area contributed by atoms with Gasteiger partial charge in [0, 0.05) is 11.6 Å². The molecule has 0 saturated carbocycles. The molecule has 17 heavy (non-hydrogen) atoms. The largest absolute Gasteiger partial charge is 0.493 e. The fourth-order valence-corrected chi connectivity index (χ4v) is 2.30. The van der Waals surface area contributed by atoms with Gasteiger partial charge in [-0.3, -0.25) is 0 Å². The van der Waals surface area contributed by atoms with Crippen molar-refractivity contribution in [3.63, 3.8) is 0 Å². The van der Waals surface area contributed by atoms with Crippen LogP contribution in [0.5, 0.6) is 11.5 Å². The zero-order chi connectivity index (χ0) is 11.4.